The maximum Gasteiger partial charge on any atom is 0.257 e. The lowest BCUT2D eigenvalue weighted by Gasteiger charge is -2.34. The highest BCUT2D eigenvalue weighted by molar-refractivity contribution is 7.09. The Hall–Kier alpha value is -1.83. The number of carbonyl (C=O) groups is 1. The highest BCUT2D eigenvalue weighted by Gasteiger charge is 2.25. The Balaban J connectivity index is 0.00000243. The fraction of sp³-hybridized carbons (Fsp3) is 0.444. The standard InChI is InChI=1S/C18H23N3O3S.ClH/c1-13-12-25-17(19-13)11-20-6-8-21(9-7-20)18(22)15-5-4-14(23-2)10-16(15)24-3;/h4-5,10,12H,6-9,11H2,1-3H3;1H. The third-order valence-corrected chi connectivity index (χ3v) is 5.28. The third kappa shape index (κ3) is 4.66. The maximum absolute atomic E-state index is 12.8. The third-order valence-electron chi connectivity index (χ3n) is 4.32. The number of thiazole rings is 1. The number of carbonyl (C=O) groups excluding carboxylic acids is 1. The van der Waals surface area contributed by atoms with Crippen LogP contribution < -0.4 is 9.47 Å². The summed E-state index contributed by atoms with van der Waals surface area (Å²) in [6, 6.07) is 5.30. The molecule has 2 heterocycles. The topological polar surface area (TPSA) is 54.9 Å². The number of halogens is 1. The summed E-state index contributed by atoms with van der Waals surface area (Å²) in [6.45, 7) is 5.98. The van der Waals surface area contributed by atoms with Crippen LogP contribution in [0.4, 0.5) is 0 Å². The van der Waals surface area contributed by atoms with Gasteiger partial charge in [-0.15, -0.1) is 23.7 Å². The number of benzene rings is 1. The number of methoxy groups -OCH3 is 2. The highest BCUT2D eigenvalue weighted by atomic mass is 35.5. The Labute approximate surface area is 164 Å². The van der Waals surface area contributed by atoms with E-state index in [0.717, 1.165) is 30.3 Å². The van der Waals surface area contributed by atoms with Gasteiger partial charge < -0.3 is 14.4 Å². The van der Waals surface area contributed by atoms with Gasteiger partial charge in [0.2, 0.25) is 0 Å². The number of nitrogens with zero attached hydrogens (tertiary/aromatic N) is 3. The van der Waals surface area contributed by atoms with E-state index in [9.17, 15) is 4.79 Å². The molecule has 1 aromatic carbocycles. The van der Waals surface area contributed by atoms with Gasteiger partial charge in [-0.25, -0.2) is 4.98 Å². The molecule has 6 nitrogen and oxygen atoms in total. The Kier molecular flexibility index (Phi) is 7.25. The van der Waals surface area contributed by atoms with Gasteiger partial charge in [-0.3, -0.25) is 9.69 Å². The van der Waals surface area contributed by atoms with Crippen molar-refractivity contribution in [3.8, 4) is 11.5 Å². The summed E-state index contributed by atoms with van der Waals surface area (Å²) in [5, 5.41) is 3.21. The molecule has 8 heteroatoms. The quantitative estimate of drug-likeness (QED) is 0.776. The van der Waals surface area contributed by atoms with Crippen LogP contribution in [0.25, 0.3) is 0 Å². The first-order chi connectivity index (χ1) is 12.1. The molecule has 0 aliphatic carbocycles. The van der Waals surface area contributed by atoms with Crippen LogP contribution in [0.5, 0.6) is 11.5 Å². The van der Waals surface area contributed by atoms with Gasteiger partial charge in [0.15, 0.2) is 0 Å². The van der Waals surface area contributed by atoms with E-state index in [4.69, 9.17) is 9.47 Å². The van der Waals surface area contributed by atoms with Crippen molar-refractivity contribution >= 4 is 29.7 Å². The lowest BCUT2D eigenvalue weighted by molar-refractivity contribution is 0.0625. The van der Waals surface area contributed by atoms with Gasteiger partial charge in [0.25, 0.3) is 5.91 Å². The Morgan fingerprint density at radius 2 is 1.92 bits per heavy atom. The van der Waals surface area contributed by atoms with Crippen molar-refractivity contribution < 1.29 is 14.3 Å². The molecule has 0 N–H and O–H groups in total. The molecule has 0 spiro atoms. The second-order valence-electron chi connectivity index (χ2n) is 6.02. The van der Waals surface area contributed by atoms with E-state index in [2.05, 4.69) is 15.3 Å². The fourth-order valence-corrected chi connectivity index (χ4v) is 3.73. The molecular formula is C18H24ClN3O3S. The first kappa shape index (κ1) is 20.5. The number of aromatic nitrogens is 1. The van der Waals surface area contributed by atoms with Crippen LogP contribution >= 0.6 is 23.7 Å². The summed E-state index contributed by atoms with van der Waals surface area (Å²) in [4.78, 5) is 21.6. The van der Waals surface area contributed by atoms with Gasteiger partial charge in [-0.05, 0) is 19.1 Å². The molecule has 0 atom stereocenters. The molecule has 1 aliphatic heterocycles. The molecule has 1 aromatic heterocycles. The van der Waals surface area contributed by atoms with Gasteiger partial charge in [-0.2, -0.15) is 0 Å². The van der Waals surface area contributed by atoms with Gasteiger partial charge >= 0.3 is 0 Å². The van der Waals surface area contributed by atoms with Crippen LogP contribution in [0.2, 0.25) is 0 Å². The molecule has 26 heavy (non-hydrogen) atoms. The Morgan fingerprint density at radius 1 is 1.19 bits per heavy atom. The van der Waals surface area contributed by atoms with Crippen LogP contribution in [0.15, 0.2) is 23.6 Å². The van der Waals surface area contributed by atoms with Crippen molar-refractivity contribution in [3.63, 3.8) is 0 Å². The number of hydrogen-bond acceptors (Lipinski definition) is 6. The van der Waals surface area contributed by atoms with Gasteiger partial charge in [-0.1, -0.05) is 0 Å². The molecule has 0 bridgehead atoms. The second kappa shape index (κ2) is 9.21. The van der Waals surface area contributed by atoms with E-state index in [1.54, 1.807) is 43.8 Å². The van der Waals surface area contributed by atoms with Crippen molar-refractivity contribution in [1.29, 1.82) is 0 Å². The van der Waals surface area contributed by atoms with E-state index in [0.29, 0.717) is 30.2 Å². The Bertz CT molecular complexity index is 745. The largest absolute Gasteiger partial charge is 0.497 e. The van der Waals surface area contributed by atoms with E-state index < -0.39 is 0 Å². The van der Waals surface area contributed by atoms with Crippen LogP contribution in [0.3, 0.4) is 0 Å². The summed E-state index contributed by atoms with van der Waals surface area (Å²) < 4.78 is 10.6. The maximum atomic E-state index is 12.8. The summed E-state index contributed by atoms with van der Waals surface area (Å²) in [7, 11) is 3.17. The van der Waals surface area contributed by atoms with E-state index in [-0.39, 0.29) is 18.3 Å². The van der Waals surface area contributed by atoms with E-state index >= 15 is 0 Å². The molecule has 1 amide bonds. The lowest BCUT2D eigenvalue weighted by atomic mass is 10.1. The van der Waals surface area contributed by atoms with Gasteiger partial charge in [0.1, 0.15) is 16.5 Å². The second-order valence-corrected chi connectivity index (χ2v) is 6.96. The zero-order valence-corrected chi connectivity index (χ0v) is 16.9. The summed E-state index contributed by atoms with van der Waals surface area (Å²) in [5.74, 6) is 1.23. The van der Waals surface area contributed by atoms with Crippen molar-refractivity contribution in [2.75, 3.05) is 40.4 Å². The molecule has 2 aromatic rings. The molecule has 0 unspecified atom stereocenters. The first-order valence-electron chi connectivity index (χ1n) is 8.25. The molecule has 1 aliphatic rings. The van der Waals surface area contributed by atoms with E-state index in [1.165, 1.54) is 0 Å². The van der Waals surface area contributed by atoms with Crippen molar-refractivity contribution in [3.05, 3.63) is 39.8 Å². The smallest absolute Gasteiger partial charge is 0.257 e. The lowest BCUT2D eigenvalue weighted by Crippen LogP contribution is -2.48. The number of aryl methyl sites for hydroxylation is 1. The SMILES string of the molecule is COc1ccc(C(=O)N2CCN(Cc3nc(C)cs3)CC2)c(OC)c1.Cl. The van der Waals surface area contributed by atoms with E-state index in [1.807, 2.05) is 11.8 Å². The number of ether oxygens (including phenoxy) is 2. The molecule has 0 saturated carbocycles. The van der Waals surface area contributed by atoms with Gasteiger partial charge in [0.05, 0.1) is 26.3 Å². The number of hydrogen-bond donors (Lipinski definition) is 0. The molecule has 1 saturated heterocycles. The minimum atomic E-state index is 0. The fourth-order valence-electron chi connectivity index (χ4n) is 2.92. The normalized spacial score (nSPS) is 14.7. The first-order valence-corrected chi connectivity index (χ1v) is 9.13. The summed E-state index contributed by atoms with van der Waals surface area (Å²) in [5.41, 5.74) is 1.65. The van der Waals surface area contributed by atoms with Crippen molar-refractivity contribution in [1.82, 2.24) is 14.8 Å². The minimum absolute atomic E-state index is 0. The molecule has 0 radical (unpaired) electrons. The predicted molar refractivity (Wildman–Crippen MR) is 105 cm³/mol. The van der Waals surface area contributed by atoms with Gasteiger partial charge in [0, 0.05) is 43.3 Å². The minimum Gasteiger partial charge on any atom is -0.497 e. The Morgan fingerprint density at radius 3 is 2.50 bits per heavy atom. The molecule has 3 rings (SSSR count). The van der Waals surface area contributed by atoms with Crippen LogP contribution in [0.1, 0.15) is 21.1 Å². The average Bonchev–Trinajstić information content (AvgIpc) is 3.06. The average molecular weight is 398 g/mol. The molecule has 1 fully saturated rings. The van der Waals surface area contributed by atoms with Crippen molar-refractivity contribution in [2.24, 2.45) is 0 Å². The van der Waals surface area contributed by atoms with Crippen LogP contribution in [0, 0.1) is 6.92 Å². The number of rotatable bonds is 5. The number of piperazine rings is 1. The molecule has 142 valence electrons. The monoisotopic (exact) mass is 397 g/mol. The summed E-state index contributed by atoms with van der Waals surface area (Å²) in [6.07, 6.45) is 0. The van der Waals surface area contributed by atoms with Crippen LogP contribution in [-0.2, 0) is 6.54 Å². The van der Waals surface area contributed by atoms with Crippen LogP contribution in [-0.4, -0.2) is 61.1 Å². The predicted octanol–water partition coefficient (Wildman–Crippen LogP) is 2.85. The highest BCUT2D eigenvalue weighted by Crippen LogP contribution is 2.26. The zero-order chi connectivity index (χ0) is 17.8. The molecular weight excluding hydrogens is 374 g/mol. The zero-order valence-electron chi connectivity index (χ0n) is 15.2. The van der Waals surface area contributed by atoms with Crippen molar-refractivity contribution in [2.45, 2.75) is 13.5 Å². The number of amides is 1. The summed E-state index contributed by atoms with van der Waals surface area (Å²) >= 11 is 1.69.